The van der Waals surface area contributed by atoms with Gasteiger partial charge in [0.2, 0.25) is 0 Å². The second kappa shape index (κ2) is 8.20. The Bertz CT molecular complexity index is 1620. The molecule has 0 unspecified atom stereocenters. The van der Waals surface area contributed by atoms with E-state index in [-0.39, 0.29) is 11.2 Å². The first kappa shape index (κ1) is 22.3. The molecular weight excluding hydrogens is 442 g/mol. The van der Waals surface area contributed by atoms with Gasteiger partial charge in [-0.2, -0.15) is 0 Å². The van der Waals surface area contributed by atoms with Gasteiger partial charge in [0.25, 0.3) is 0 Å². The van der Waals surface area contributed by atoms with Crippen LogP contribution in [0, 0.1) is 0 Å². The molecule has 0 saturated carbocycles. The molecule has 4 nitrogen and oxygen atoms in total. The van der Waals surface area contributed by atoms with Crippen molar-refractivity contribution in [3.8, 4) is 17.0 Å². The summed E-state index contributed by atoms with van der Waals surface area (Å²) in [7, 11) is 0. The number of rotatable bonds is 3. The summed E-state index contributed by atoms with van der Waals surface area (Å²) in [5.41, 5.74) is 8.28. The number of benzene rings is 3. The molecule has 3 aromatic carbocycles. The molecule has 178 valence electrons. The lowest BCUT2D eigenvalue weighted by Gasteiger charge is -2.41. The largest absolute Gasteiger partial charge is 0.506 e. The van der Waals surface area contributed by atoms with Crippen LogP contribution in [0.3, 0.4) is 0 Å². The number of phenols is 1. The smallest absolute Gasteiger partial charge is 0.141 e. The van der Waals surface area contributed by atoms with Crippen molar-refractivity contribution in [2.45, 2.75) is 39.0 Å². The first-order valence-electron chi connectivity index (χ1n) is 12.4. The molecular formula is C32H29N3O. The number of pyridine rings is 2. The third kappa shape index (κ3) is 3.44. The highest BCUT2D eigenvalue weighted by molar-refractivity contribution is 5.89. The lowest BCUT2D eigenvalue weighted by molar-refractivity contribution is 0.480. The number of hydrogen-bond acceptors (Lipinski definition) is 4. The maximum absolute atomic E-state index is 10.4. The molecule has 0 atom stereocenters. The van der Waals surface area contributed by atoms with E-state index in [1.165, 1.54) is 16.7 Å². The molecule has 1 aliphatic heterocycles. The van der Waals surface area contributed by atoms with Gasteiger partial charge in [0.15, 0.2) is 0 Å². The Morgan fingerprint density at radius 1 is 0.806 bits per heavy atom. The van der Waals surface area contributed by atoms with Crippen molar-refractivity contribution in [1.82, 2.24) is 9.97 Å². The van der Waals surface area contributed by atoms with Gasteiger partial charge < -0.3 is 5.11 Å². The number of hydrogen-bond donors (Lipinski definition) is 1. The Morgan fingerprint density at radius 2 is 1.61 bits per heavy atom. The highest BCUT2D eigenvalue weighted by Gasteiger charge is 2.37. The van der Waals surface area contributed by atoms with Gasteiger partial charge in [-0.05, 0) is 59.0 Å². The minimum Gasteiger partial charge on any atom is -0.506 e. The van der Waals surface area contributed by atoms with Gasteiger partial charge in [0.1, 0.15) is 17.1 Å². The number of fused-ring (bicyclic) bond motifs is 3. The van der Waals surface area contributed by atoms with Crippen LogP contribution in [0.25, 0.3) is 22.2 Å². The molecule has 1 aliphatic rings. The lowest BCUT2D eigenvalue weighted by Crippen LogP contribution is -2.31. The van der Waals surface area contributed by atoms with Crippen LogP contribution in [-0.2, 0) is 5.41 Å². The van der Waals surface area contributed by atoms with E-state index in [1.54, 1.807) is 6.07 Å². The van der Waals surface area contributed by atoms with E-state index in [9.17, 15) is 5.11 Å². The molecule has 6 rings (SSSR count). The lowest BCUT2D eigenvalue weighted by atomic mass is 9.73. The van der Waals surface area contributed by atoms with Crippen LogP contribution >= 0.6 is 0 Å². The average molecular weight is 472 g/mol. The van der Waals surface area contributed by atoms with Crippen LogP contribution in [-0.4, -0.2) is 15.1 Å². The zero-order valence-electron chi connectivity index (χ0n) is 21.0. The van der Waals surface area contributed by atoms with Crippen LogP contribution in [0.4, 0.5) is 17.2 Å². The first-order valence-corrected chi connectivity index (χ1v) is 12.4. The average Bonchev–Trinajstić information content (AvgIpc) is 2.89. The summed E-state index contributed by atoms with van der Waals surface area (Å²) in [6.45, 7) is 8.98. The quantitative estimate of drug-likeness (QED) is 0.288. The van der Waals surface area contributed by atoms with Gasteiger partial charge in [-0.25, -0.2) is 9.97 Å². The molecule has 0 fully saturated rings. The zero-order valence-corrected chi connectivity index (χ0v) is 21.0. The van der Waals surface area contributed by atoms with Gasteiger partial charge in [0.05, 0.1) is 17.1 Å². The predicted molar refractivity (Wildman–Crippen MR) is 148 cm³/mol. The molecule has 0 aliphatic carbocycles. The second-order valence-corrected chi connectivity index (χ2v) is 10.4. The van der Waals surface area contributed by atoms with E-state index in [1.807, 2.05) is 30.5 Å². The summed E-state index contributed by atoms with van der Waals surface area (Å²) in [5.74, 6) is 1.51. The molecule has 0 spiro atoms. The molecule has 0 saturated heterocycles. The summed E-state index contributed by atoms with van der Waals surface area (Å²) in [5, 5.41) is 11.3. The van der Waals surface area contributed by atoms with Crippen LogP contribution in [0.15, 0.2) is 91.1 Å². The molecule has 0 amide bonds. The number of nitrogens with zero attached hydrogens (tertiary/aromatic N) is 3. The number of para-hydroxylation sites is 2. The normalized spacial score (nSPS) is 14.1. The predicted octanol–water partition coefficient (Wildman–Crippen LogP) is 8.23. The van der Waals surface area contributed by atoms with E-state index in [0.29, 0.717) is 11.4 Å². The van der Waals surface area contributed by atoms with E-state index in [0.717, 1.165) is 33.8 Å². The van der Waals surface area contributed by atoms with Crippen molar-refractivity contribution in [1.29, 1.82) is 0 Å². The number of anilines is 3. The minimum atomic E-state index is -0.175. The molecule has 0 radical (unpaired) electrons. The van der Waals surface area contributed by atoms with E-state index in [4.69, 9.17) is 9.97 Å². The molecule has 4 heteroatoms. The van der Waals surface area contributed by atoms with Crippen molar-refractivity contribution in [3.05, 3.63) is 108 Å². The fraction of sp³-hybridized carbons (Fsp3) is 0.188. The Hall–Kier alpha value is -4.18. The molecule has 5 aromatic rings. The standard InChI is InChI=1S/C32H29N3O/c1-20(2)22-16-17-33-30(19-22)35-27-10-6-5-9-24(27)32(3,4)25-14-12-23(18-28(25)35)26-15-13-21-8-7-11-29(36)31(21)34-26/h5-20,36H,1-4H3. The van der Waals surface area contributed by atoms with Crippen molar-refractivity contribution >= 4 is 28.1 Å². The highest BCUT2D eigenvalue weighted by atomic mass is 16.3. The highest BCUT2D eigenvalue weighted by Crippen LogP contribution is 2.52. The summed E-state index contributed by atoms with van der Waals surface area (Å²) < 4.78 is 0. The first-order chi connectivity index (χ1) is 17.3. The number of aromatic nitrogens is 2. The van der Waals surface area contributed by atoms with E-state index in [2.05, 4.69) is 87.2 Å². The third-order valence-corrected chi connectivity index (χ3v) is 7.39. The zero-order chi connectivity index (χ0) is 25.0. The van der Waals surface area contributed by atoms with Crippen molar-refractivity contribution in [2.24, 2.45) is 0 Å². The van der Waals surface area contributed by atoms with Gasteiger partial charge in [-0.3, -0.25) is 4.90 Å². The van der Waals surface area contributed by atoms with Gasteiger partial charge in [-0.15, -0.1) is 0 Å². The molecule has 3 heterocycles. The van der Waals surface area contributed by atoms with E-state index < -0.39 is 0 Å². The van der Waals surface area contributed by atoms with Crippen LogP contribution in [0.1, 0.15) is 50.3 Å². The molecule has 1 N–H and O–H groups in total. The summed E-state index contributed by atoms with van der Waals surface area (Å²) >= 11 is 0. The van der Waals surface area contributed by atoms with Gasteiger partial charge >= 0.3 is 0 Å². The Kier molecular flexibility index (Phi) is 5.08. The third-order valence-electron chi connectivity index (χ3n) is 7.39. The summed E-state index contributed by atoms with van der Waals surface area (Å²) in [6, 6.07) is 29.0. The minimum absolute atomic E-state index is 0.175. The second-order valence-electron chi connectivity index (χ2n) is 10.4. The fourth-order valence-corrected chi connectivity index (χ4v) is 5.33. The summed E-state index contributed by atoms with van der Waals surface area (Å²) in [4.78, 5) is 11.9. The van der Waals surface area contributed by atoms with Gasteiger partial charge in [-0.1, -0.05) is 76.2 Å². The van der Waals surface area contributed by atoms with Crippen LogP contribution in [0.5, 0.6) is 5.75 Å². The maximum atomic E-state index is 10.4. The van der Waals surface area contributed by atoms with Crippen molar-refractivity contribution in [3.63, 3.8) is 0 Å². The van der Waals surface area contributed by atoms with Crippen molar-refractivity contribution < 1.29 is 5.11 Å². The molecule has 36 heavy (non-hydrogen) atoms. The molecule has 0 bridgehead atoms. The van der Waals surface area contributed by atoms with Crippen LogP contribution in [0.2, 0.25) is 0 Å². The maximum Gasteiger partial charge on any atom is 0.141 e. The number of phenolic OH excluding ortho intramolecular Hbond substituents is 1. The number of aromatic hydroxyl groups is 1. The fourth-order valence-electron chi connectivity index (χ4n) is 5.33. The monoisotopic (exact) mass is 471 g/mol. The Balaban J connectivity index is 1.59. The summed E-state index contributed by atoms with van der Waals surface area (Å²) in [6.07, 6.45) is 1.91. The van der Waals surface area contributed by atoms with E-state index >= 15 is 0 Å². The Labute approximate surface area is 211 Å². The Morgan fingerprint density at radius 3 is 2.44 bits per heavy atom. The van der Waals surface area contributed by atoms with Gasteiger partial charge in [0, 0.05) is 22.6 Å². The molecule has 2 aromatic heterocycles. The topological polar surface area (TPSA) is 49.2 Å². The SMILES string of the molecule is CC(C)c1ccnc(N2c3ccccc3C(C)(C)c3ccc(-c4ccc5cccc(O)c5n4)cc32)c1. The van der Waals surface area contributed by atoms with Crippen molar-refractivity contribution in [2.75, 3.05) is 4.90 Å². The van der Waals surface area contributed by atoms with Crippen LogP contribution < -0.4 is 4.90 Å².